The van der Waals surface area contributed by atoms with E-state index < -0.39 is 0 Å². The number of anilines is 2. The Morgan fingerprint density at radius 1 is 1.17 bits per heavy atom. The number of aromatic nitrogens is 2. The van der Waals surface area contributed by atoms with Crippen LogP contribution in [0.1, 0.15) is 35.2 Å². The van der Waals surface area contributed by atoms with Crippen molar-refractivity contribution < 1.29 is 9.13 Å². The second-order valence-corrected chi connectivity index (χ2v) is 10.3. The van der Waals surface area contributed by atoms with Crippen molar-refractivity contribution in [2.24, 2.45) is 5.92 Å². The van der Waals surface area contributed by atoms with Gasteiger partial charge in [0.25, 0.3) is 0 Å². The summed E-state index contributed by atoms with van der Waals surface area (Å²) < 4.78 is 19.2. The van der Waals surface area contributed by atoms with E-state index >= 15 is 0 Å². The van der Waals surface area contributed by atoms with E-state index in [1.165, 1.54) is 22.4 Å². The molecule has 3 aliphatic rings. The number of alkyl halides is 1. The summed E-state index contributed by atoms with van der Waals surface area (Å²) in [5, 5.41) is 16.0. The second-order valence-electron chi connectivity index (χ2n) is 10.3. The lowest BCUT2D eigenvalue weighted by Crippen LogP contribution is -2.51. The van der Waals surface area contributed by atoms with Crippen molar-refractivity contribution in [1.82, 2.24) is 20.6 Å². The van der Waals surface area contributed by atoms with Gasteiger partial charge < -0.3 is 25.2 Å². The van der Waals surface area contributed by atoms with Crippen LogP contribution in [-0.4, -0.2) is 68.1 Å². The van der Waals surface area contributed by atoms with E-state index in [1.54, 1.807) is 0 Å². The van der Waals surface area contributed by atoms with Gasteiger partial charge in [0.1, 0.15) is 12.4 Å². The van der Waals surface area contributed by atoms with Crippen LogP contribution in [0.3, 0.4) is 0 Å². The zero-order valence-electron chi connectivity index (χ0n) is 21.3. The maximum absolute atomic E-state index is 13.1. The molecule has 2 fully saturated rings. The summed E-state index contributed by atoms with van der Waals surface area (Å²) in [6, 6.07) is 9.35. The smallest absolute Gasteiger partial charge is 0.318 e. The quantitative estimate of drug-likeness (QED) is 0.609. The van der Waals surface area contributed by atoms with Gasteiger partial charge in [-0.15, -0.1) is 0 Å². The molecule has 4 heterocycles. The number of nitriles is 1. The summed E-state index contributed by atoms with van der Waals surface area (Å²) >= 11 is 0. The third-order valence-corrected chi connectivity index (χ3v) is 7.78. The Bertz CT molecular complexity index is 1120. The minimum Gasteiger partial charge on any atom is -0.462 e. The second kappa shape index (κ2) is 11.0. The normalized spacial score (nSPS) is 23.9. The maximum Gasteiger partial charge on any atom is 0.318 e. The number of hydrogen-bond donors (Lipinski definition) is 2. The van der Waals surface area contributed by atoms with Gasteiger partial charge in [-0.25, -0.2) is 0 Å². The van der Waals surface area contributed by atoms with Crippen LogP contribution < -0.4 is 25.2 Å². The average Bonchev–Trinajstić information content (AvgIpc) is 3.37. The summed E-state index contributed by atoms with van der Waals surface area (Å²) in [6.45, 7) is 9.11. The number of hydrogen-bond acceptors (Lipinski definition) is 8. The average molecular weight is 494 g/mol. The number of piperazine rings is 1. The Hall–Kier alpha value is -2.96. The van der Waals surface area contributed by atoms with Gasteiger partial charge in [0, 0.05) is 62.0 Å². The van der Waals surface area contributed by atoms with Crippen LogP contribution in [0.2, 0.25) is 0 Å². The van der Waals surface area contributed by atoms with Crippen LogP contribution >= 0.6 is 0 Å². The minimum atomic E-state index is -0.302. The first-order valence-corrected chi connectivity index (χ1v) is 13.0. The number of aryl methyl sites for hydroxylation is 1. The highest BCUT2D eigenvalue weighted by atomic mass is 19.1. The molecule has 5 rings (SSSR count). The van der Waals surface area contributed by atoms with E-state index in [-0.39, 0.29) is 24.7 Å². The molecular weight excluding hydrogens is 457 g/mol. The summed E-state index contributed by atoms with van der Waals surface area (Å²) in [7, 11) is 0. The van der Waals surface area contributed by atoms with Gasteiger partial charge in [0.05, 0.1) is 31.4 Å². The molecule has 0 spiro atoms. The summed E-state index contributed by atoms with van der Waals surface area (Å²) in [4.78, 5) is 14.5. The molecular formula is C27H36FN7O. The Balaban J connectivity index is 1.42. The molecule has 3 atom stereocenters. The van der Waals surface area contributed by atoms with Gasteiger partial charge >= 0.3 is 6.01 Å². The third kappa shape index (κ3) is 5.25. The summed E-state index contributed by atoms with van der Waals surface area (Å²) in [6.07, 6.45) is 2.09. The van der Waals surface area contributed by atoms with Crippen LogP contribution in [0.5, 0.6) is 6.01 Å². The molecule has 9 heteroatoms. The first kappa shape index (κ1) is 24.7. The van der Waals surface area contributed by atoms with Gasteiger partial charge in [-0.3, -0.25) is 4.39 Å². The molecule has 36 heavy (non-hydrogen) atoms. The van der Waals surface area contributed by atoms with E-state index in [0.717, 1.165) is 50.5 Å². The highest BCUT2D eigenvalue weighted by Gasteiger charge is 2.30. The SMILES string of the molecule is Cc1cccc(N2CCc3c(nc(OC[C@@H]4C[C@@H](CF)CN4)nc3N3CCN[C@@H](CC#N)C3)C2)c1C. The van der Waals surface area contributed by atoms with Crippen LogP contribution in [0.4, 0.5) is 15.9 Å². The predicted octanol–water partition coefficient (Wildman–Crippen LogP) is 2.67. The standard InChI is InChI=1S/C27H36FN7O/c1-18-4-3-5-25(19(18)2)34-10-7-23-24(16-34)32-27(36-17-22-12-20(13-28)14-31-22)33-26(23)35-11-9-30-21(15-35)6-8-29/h3-5,20-22,30-31H,6-7,9-17H2,1-2H3/t20-,21-,22-/m0/s1. The maximum atomic E-state index is 13.1. The number of rotatable bonds is 7. The van der Waals surface area contributed by atoms with E-state index in [0.29, 0.717) is 32.1 Å². The number of fused-ring (bicyclic) bond motifs is 1. The molecule has 192 valence electrons. The Morgan fingerprint density at radius 3 is 2.86 bits per heavy atom. The van der Waals surface area contributed by atoms with Gasteiger partial charge in [0.15, 0.2) is 0 Å². The highest BCUT2D eigenvalue weighted by molar-refractivity contribution is 5.59. The molecule has 0 saturated carbocycles. The van der Waals surface area contributed by atoms with Gasteiger partial charge in [0.2, 0.25) is 0 Å². The minimum absolute atomic E-state index is 0.0580. The fourth-order valence-corrected chi connectivity index (χ4v) is 5.59. The summed E-state index contributed by atoms with van der Waals surface area (Å²) in [5.74, 6) is 0.990. The van der Waals surface area contributed by atoms with E-state index in [4.69, 9.17) is 14.7 Å². The molecule has 2 aromatic rings. The Labute approximate surface area is 212 Å². The predicted molar refractivity (Wildman–Crippen MR) is 138 cm³/mol. The van der Waals surface area contributed by atoms with Crippen LogP contribution in [0.15, 0.2) is 18.2 Å². The third-order valence-electron chi connectivity index (χ3n) is 7.78. The van der Waals surface area contributed by atoms with E-state index in [9.17, 15) is 9.65 Å². The first-order chi connectivity index (χ1) is 17.6. The lowest BCUT2D eigenvalue weighted by atomic mass is 10.0. The van der Waals surface area contributed by atoms with Crippen LogP contribution in [-0.2, 0) is 13.0 Å². The zero-order valence-corrected chi connectivity index (χ0v) is 21.3. The monoisotopic (exact) mass is 493 g/mol. The molecule has 0 unspecified atom stereocenters. The van der Waals surface area contributed by atoms with Gasteiger partial charge in [-0.05, 0) is 43.9 Å². The zero-order chi connectivity index (χ0) is 25.1. The number of benzene rings is 1. The molecule has 3 aliphatic heterocycles. The molecule has 0 radical (unpaired) electrons. The number of nitrogens with zero attached hydrogens (tertiary/aromatic N) is 5. The van der Waals surface area contributed by atoms with Crippen molar-refractivity contribution in [3.8, 4) is 12.1 Å². The molecule has 0 bridgehead atoms. The van der Waals surface area contributed by atoms with Gasteiger partial charge in [-0.2, -0.15) is 15.2 Å². The molecule has 8 nitrogen and oxygen atoms in total. The molecule has 2 N–H and O–H groups in total. The summed E-state index contributed by atoms with van der Waals surface area (Å²) in [5.41, 5.74) is 6.00. The Morgan fingerprint density at radius 2 is 2.06 bits per heavy atom. The van der Waals surface area contributed by atoms with E-state index in [2.05, 4.69) is 58.5 Å². The lowest BCUT2D eigenvalue weighted by Gasteiger charge is -2.37. The number of nitrogens with one attached hydrogen (secondary N) is 2. The molecule has 0 aliphatic carbocycles. The van der Waals surface area contributed by atoms with Crippen LogP contribution in [0, 0.1) is 31.1 Å². The van der Waals surface area contributed by atoms with Crippen molar-refractivity contribution in [3.63, 3.8) is 0 Å². The van der Waals surface area contributed by atoms with Gasteiger partial charge in [-0.1, -0.05) is 12.1 Å². The molecule has 0 amide bonds. The van der Waals surface area contributed by atoms with Crippen molar-refractivity contribution in [3.05, 3.63) is 40.6 Å². The molecule has 1 aromatic carbocycles. The van der Waals surface area contributed by atoms with Crippen molar-refractivity contribution in [1.29, 1.82) is 5.26 Å². The van der Waals surface area contributed by atoms with Crippen molar-refractivity contribution >= 4 is 11.5 Å². The topological polar surface area (TPSA) is 89.3 Å². The fourth-order valence-electron chi connectivity index (χ4n) is 5.59. The first-order valence-electron chi connectivity index (χ1n) is 13.0. The lowest BCUT2D eigenvalue weighted by molar-refractivity contribution is 0.251. The molecule has 1 aromatic heterocycles. The van der Waals surface area contributed by atoms with Crippen LogP contribution in [0.25, 0.3) is 0 Å². The fraction of sp³-hybridized carbons (Fsp3) is 0.593. The number of ether oxygens (including phenoxy) is 1. The molecule has 2 saturated heterocycles. The van der Waals surface area contributed by atoms with E-state index in [1.807, 2.05) is 0 Å². The van der Waals surface area contributed by atoms with Crippen molar-refractivity contribution in [2.75, 3.05) is 55.8 Å². The largest absolute Gasteiger partial charge is 0.462 e. The number of halogens is 1. The van der Waals surface area contributed by atoms with Crippen molar-refractivity contribution in [2.45, 2.75) is 51.7 Å². The highest BCUT2D eigenvalue weighted by Crippen LogP contribution is 2.33. The Kier molecular flexibility index (Phi) is 7.54.